The molecule has 37 heavy (non-hydrogen) atoms. The molecular formula is C26H27Cl3N2O6. The zero-order valence-corrected chi connectivity index (χ0v) is 22.7. The third-order valence-electron chi connectivity index (χ3n) is 7.51. The molecular weight excluding hydrogens is 543 g/mol. The van der Waals surface area contributed by atoms with Gasteiger partial charge < -0.3 is 20.8 Å². The van der Waals surface area contributed by atoms with Gasteiger partial charge in [0.2, 0.25) is 5.91 Å². The first-order chi connectivity index (χ1) is 17.2. The van der Waals surface area contributed by atoms with Gasteiger partial charge in [0.15, 0.2) is 0 Å². The molecule has 0 bridgehead atoms. The van der Waals surface area contributed by atoms with E-state index in [0.29, 0.717) is 29.1 Å². The molecule has 0 saturated heterocycles. The van der Waals surface area contributed by atoms with Crippen LogP contribution in [0.1, 0.15) is 49.5 Å². The normalized spacial score (nSPS) is 21.2. The monoisotopic (exact) mass is 568 g/mol. The Kier molecular flexibility index (Phi) is 8.47. The predicted octanol–water partition coefficient (Wildman–Crippen LogP) is 5.54. The predicted molar refractivity (Wildman–Crippen MR) is 141 cm³/mol. The molecule has 2 aromatic rings. The van der Waals surface area contributed by atoms with E-state index in [4.69, 9.17) is 34.8 Å². The van der Waals surface area contributed by atoms with Crippen LogP contribution in [0.2, 0.25) is 15.1 Å². The average molecular weight is 570 g/mol. The maximum atomic E-state index is 13.0. The van der Waals surface area contributed by atoms with E-state index in [-0.39, 0.29) is 22.0 Å². The fourth-order valence-corrected chi connectivity index (χ4v) is 5.72. The Morgan fingerprint density at radius 3 is 2.05 bits per heavy atom. The largest absolute Gasteiger partial charge is 0.481 e. The van der Waals surface area contributed by atoms with Crippen LogP contribution in [-0.4, -0.2) is 40.0 Å². The van der Waals surface area contributed by atoms with E-state index in [1.54, 1.807) is 45.0 Å². The molecule has 0 aromatic heterocycles. The molecule has 198 valence electrons. The fraction of sp³-hybridized carbons (Fsp3) is 0.385. The third-order valence-corrected chi connectivity index (χ3v) is 8.33. The maximum absolute atomic E-state index is 13.0. The quantitative estimate of drug-likeness (QED) is 0.330. The van der Waals surface area contributed by atoms with Crippen LogP contribution in [-0.2, 0) is 20.8 Å². The van der Waals surface area contributed by atoms with Crippen LogP contribution >= 0.6 is 34.8 Å². The maximum Gasteiger partial charge on any atom is 0.326 e. The summed E-state index contributed by atoms with van der Waals surface area (Å²) in [5.41, 5.74) is -0.850. The lowest BCUT2D eigenvalue weighted by atomic mass is 9.65. The van der Waals surface area contributed by atoms with Crippen molar-refractivity contribution in [3.05, 3.63) is 62.6 Å². The summed E-state index contributed by atoms with van der Waals surface area (Å²) in [6, 6.07) is 8.03. The molecule has 1 aliphatic rings. The minimum Gasteiger partial charge on any atom is -0.481 e. The van der Waals surface area contributed by atoms with Crippen molar-refractivity contribution in [2.45, 2.75) is 46.1 Å². The van der Waals surface area contributed by atoms with Crippen molar-refractivity contribution in [3.8, 4) is 0 Å². The number of rotatable bonds is 8. The van der Waals surface area contributed by atoms with Crippen LogP contribution in [0.25, 0.3) is 0 Å². The first-order valence-corrected chi connectivity index (χ1v) is 12.6. The first-order valence-electron chi connectivity index (χ1n) is 11.5. The summed E-state index contributed by atoms with van der Waals surface area (Å²) in [4.78, 5) is 49.4. The van der Waals surface area contributed by atoms with Crippen LogP contribution in [0.5, 0.6) is 0 Å². The fourth-order valence-electron chi connectivity index (χ4n) is 4.73. The number of carbonyl (C=O) groups excluding carboxylic acids is 2. The number of carboxylic acid groups (broad SMARTS) is 2. The van der Waals surface area contributed by atoms with E-state index in [1.807, 2.05) is 0 Å². The standard InChI is InChI=1S/C26H27Cl3N2O6/c1-25(2)16(8-9-26(25,3)24(36)37)21(32)31-19(23(34)35)10-13-4-6-15(7-5-13)30-22(33)20-17(28)11-14(27)12-18(20)29/h4-7,11-12,16,19H,8-10H2,1-3H3,(H,30,33)(H,31,32)(H,34,35)(H,36,37)/t16-,19?,26+/m1/s1. The van der Waals surface area contributed by atoms with E-state index in [9.17, 15) is 29.4 Å². The number of nitrogens with one attached hydrogen (secondary N) is 2. The number of carboxylic acids is 2. The smallest absolute Gasteiger partial charge is 0.326 e. The summed E-state index contributed by atoms with van der Waals surface area (Å²) in [7, 11) is 0. The van der Waals surface area contributed by atoms with Gasteiger partial charge in [-0.15, -0.1) is 0 Å². The molecule has 2 amide bonds. The Balaban J connectivity index is 1.68. The van der Waals surface area contributed by atoms with Crippen molar-refractivity contribution >= 4 is 64.2 Å². The minimum atomic E-state index is -1.22. The molecule has 2 aromatic carbocycles. The van der Waals surface area contributed by atoms with Gasteiger partial charge in [0.05, 0.1) is 21.0 Å². The molecule has 1 saturated carbocycles. The average Bonchev–Trinajstić information content (AvgIpc) is 3.03. The SMILES string of the molecule is CC1(C)[C@@H](C(=O)NC(Cc2ccc(NC(=O)c3c(Cl)cc(Cl)cc3Cl)cc2)C(=O)O)CC[C@@]1(C)C(=O)O. The van der Waals surface area contributed by atoms with Gasteiger partial charge in [-0.2, -0.15) is 0 Å². The van der Waals surface area contributed by atoms with Gasteiger partial charge in [0, 0.05) is 23.0 Å². The van der Waals surface area contributed by atoms with Gasteiger partial charge in [-0.1, -0.05) is 60.8 Å². The van der Waals surface area contributed by atoms with Crippen molar-refractivity contribution in [1.82, 2.24) is 5.32 Å². The number of benzene rings is 2. The third kappa shape index (κ3) is 5.87. The Hall–Kier alpha value is -2.81. The molecule has 1 fully saturated rings. The van der Waals surface area contributed by atoms with E-state index in [0.717, 1.165) is 0 Å². The summed E-state index contributed by atoms with van der Waals surface area (Å²) in [5.74, 6) is -3.85. The highest BCUT2D eigenvalue weighted by Crippen LogP contribution is 2.56. The van der Waals surface area contributed by atoms with Gasteiger partial charge in [-0.3, -0.25) is 14.4 Å². The summed E-state index contributed by atoms with van der Waals surface area (Å²) in [6.45, 7) is 5.07. The molecule has 0 aliphatic heterocycles. The highest BCUT2D eigenvalue weighted by Gasteiger charge is 2.58. The number of carbonyl (C=O) groups is 4. The Morgan fingerprint density at radius 1 is 1.00 bits per heavy atom. The summed E-state index contributed by atoms with van der Waals surface area (Å²) in [5, 5.41) is 25.1. The minimum absolute atomic E-state index is 0.00646. The van der Waals surface area contributed by atoms with Crippen molar-refractivity contribution in [2.24, 2.45) is 16.7 Å². The molecule has 4 N–H and O–H groups in total. The molecule has 8 nitrogen and oxygen atoms in total. The first kappa shape index (κ1) is 28.8. The topological polar surface area (TPSA) is 133 Å². The molecule has 1 aliphatic carbocycles. The van der Waals surface area contributed by atoms with E-state index in [2.05, 4.69) is 10.6 Å². The van der Waals surface area contributed by atoms with E-state index < -0.39 is 46.5 Å². The van der Waals surface area contributed by atoms with Gasteiger partial charge in [0.1, 0.15) is 6.04 Å². The van der Waals surface area contributed by atoms with Gasteiger partial charge in [-0.25, -0.2) is 4.79 Å². The van der Waals surface area contributed by atoms with E-state index >= 15 is 0 Å². The lowest BCUT2D eigenvalue weighted by molar-refractivity contribution is -0.155. The number of hydrogen-bond acceptors (Lipinski definition) is 4. The van der Waals surface area contributed by atoms with Crippen LogP contribution in [0, 0.1) is 16.7 Å². The van der Waals surface area contributed by atoms with Crippen molar-refractivity contribution < 1.29 is 29.4 Å². The summed E-state index contributed by atoms with van der Waals surface area (Å²) in [6.07, 6.45) is 0.669. The van der Waals surface area contributed by atoms with Crippen LogP contribution in [0.15, 0.2) is 36.4 Å². The Labute approximate surface area is 229 Å². The van der Waals surface area contributed by atoms with E-state index in [1.165, 1.54) is 12.1 Å². The molecule has 3 rings (SSSR count). The Bertz CT molecular complexity index is 1220. The second kappa shape index (κ2) is 10.9. The zero-order chi connectivity index (χ0) is 27.7. The van der Waals surface area contributed by atoms with Gasteiger partial charge in [0.25, 0.3) is 5.91 Å². The van der Waals surface area contributed by atoms with Crippen molar-refractivity contribution in [1.29, 1.82) is 0 Å². The number of aliphatic carboxylic acids is 2. The summed E-state index contributed by atoms with van der Waals surface area (Å²) >= 11 is 18.1. The molecule has 0 spiro atoms. The van der Waals surface area contributed by atoms with Crippen LogP contribution in [0.4, 0.5) is 5.69 Å². The van der Waals surface area contributed by atoms with Gasteiger partial charge in [-0.05, 0) is 55.0 Å². The van der Waals surface area contributed by atoms with Crippen LogP contribution in [0.3, 0.4) is 0 Å². The summed E-state index contributed by atoms with van der Waals surface area (Å²) < 4.78 is 0. The number of anilines is 1. The molecule has 0 heterocycles. The molecule has 3 atom stereocenters. The second-order valence-electron chi connectivity index (χ2n) is 9.95. The lowest BCUT2D eigenvalue weighted by Crippen LogP contribution is -2.49. The van der Waals surface area contributed by atoms with Crippen molar-refractivity contribution in [3.63, 3.8) is 0 Å². The molecule has 0 radical (unpaired) electrons. The zero-order valence-electron chi connectivity index (χ0n) is 20.4. The number of hydrogen-bond donors (Lipinski definition) is 4. The highest BCUT2D eigenvalue weighted by molar-refractivity contribution is 6.42. The highest BCUT2D eigenvalue weighted by atomic mass is 35.5. The molecule has 1 unspecified atom stereocenters. The lowest BCUT2D eigenvalue weighted by Gasteiger charge is -2.38. The van der Waals surface area contributed by atoms with Gasteiger partial charge >= 0.3 is 11.9 Å². The molecule has 11 heteroatoms. The second-order valence-corrected chi connectivity index (χ2v) is 11.2. The Morgan fingerprint density at radius 2 is 1.57 bits per heavy atom. The number of amides is 2. The number of halogens is 3. The van der Waals surface area contributed by atoms with Crippen molar-refractivity contribution in [2.75, 3.05) is 5.32 Å². The van der Waals surface area contributed by atoms with Crippen LogP contribution < -0.4 is 10.6 Å².